The van der Waals surface area contributed by atoms with Crippen LogP contribution >= 0.6 is 26.6 Å². The summed E-state index contributed by atoms with van der Waals surface area (Å²) in [5.74, 6) is 0. The van der Waals surface area contributed by atoms with E-state index in [1.165, 1.54) is 12.5 Å². The predicted octanol–water partition coefficient (Wildman–Crippen LogP) is 2.52. The molecule has 0 aliphatic carbocycles. The van der Waals surface area contributed by atoms with E-state index < -0.39 is 9.05 Å². The number of benzene rings is 1. The van der Waals surface area contributed by atoms with Gasteiger partial charge < -0.3 is 4.42 Å². The Hall–Kier alpha value is -0.590. The third-order valence-electron chi connectivity index (χ3n) is 1.66. The average molecular weight is 297 g/mol. The SMILES string of the molecule is O=S(=O)(Cl)c1ccc(Br)c2ocnc12. The summed E-state index contributed by atoms with van der Waals surface area (Å²) in [7, 11) is 1.43. The third-order valence-corrected chi connectivity index (χ3v) is 3.64. The summed E-state index contributed by atoms with van der Waals surface area (Å²) in [5.41, 5.74) is 0.598. The smallest absolute Gasteiger partial charge is 0.263 e. The van der Waals surface area contributed by atoms with Gasteiger partial charge in [0.15, 0.2) is 12.0 Å². The standard InChI is InChI=1S/C7H3BrClNO3S/c8-4-1-2-5(14(9,11)12)6-7(4)13-3-10-6/h1-3H. The Morgan fingerprint density at radius 1 is 1.43 bits per heavy atom. The molecule has 1 heterocycles. The predicted molar refractivity (Wildman–Crippen MR) is 54.7 cm³/mol. The molecule has 0 atom stereocenters. The lowest BCUT2D eigenvalue weighted by Crippen LogP contribution is -1.91. The van der Waals surface area contributed by atoms with Crippen molar-refractivity contribution in [1.82, 2.24) is 4.98 Å². The summed E-state index contributed by atoms with van der Waals surface area (Å²) in [4.78, 5) is 3.74. The van der Waals surface area contributed by atoms with E-state index >= 15 is 0 Å². The minimum Gasteiger partial charge on any atom is -0.442 e. The molecular weight excluding hydrogens is 294 g/mol. The molecule has 0 amide bonds. The largest absolute Gasteiger partial charge is 0.442 e. The van der Waals surface area contributed by atoms with Crippen molar-refractivity contribution in [1.29, 1.82) is 0 Å². The molecule has 2 aromatic rings. The number of fused-ring (bicyclic) bond motifs is 1. The zero-order valence-electron chi connectivity index (χ0n) is 6.57. The Bertz CT molecular complexity index is 592. The lowest BCUT2D eigenvalue weighted by Gasteiger charge is -1.97. The monoisotopic (exact) mass is 295 g/mol. The van der Waals surface area contributed by atoms with Crippen LogP contribution in [-0.4, -0.2) is 13.4 Å². The Kier molecular flexibility index (Phi) is 2.29. The van der Waals surface area contributed by atoms with Crippen LogP contribution in [0.25, 0.3) is 11.1 Å². The van der Waals surface area contributed by atoms with E-state index in [1.54, 1.807) is 6.07 Å². The van der Waals surface area contributed by atoms with Crippen LogP contribution in [0.4, 0.5) is 0 Å². The van der Waals surface area contributed by atoms with Gasteiger partial charge in [0.1, 0.15) is 10.4 Å². The molecule has 0 fully saturated rings. The van der Waals surface area contributed by atoms with Gasteiger partial charge in [-0.15, -0.1) is 0 Å². The fourth-order valence-corrected chi connectivity index (χ4v) is 2.49. The summed E-state index contributed by atoms with van der Waals surface area (Å²) >= 11 is 3.21. The molecule has 0 bridgehead atoms. The van der Waals surface area contributed by atoms with Crippen molar-refractivity contribution in [3.63, 3.8) is 0 Å². The average Bonchev–Trinajstić information content (AvgIpc) is 2.50. The molecule has 0 aliphatic rings. The summed E-state index contributed by atoms with van der Waals surface area (Å²) in [6.07, 6.45) is 1.17. The van der Waals surface area contributed by atoms with Crippen molar-refractivity contribution < 1.29 is 12.8 Å². The molecule has 74 valence electrons. The van der Waals surface area contributed by atoms with Gasteiger partial charge in [0, 0.05) is 10.7 Å². The third kappa shape index (κ3) is 1.53. The molecule has 0 saturated carbocycles. The second-order valence-corrected chi connectivity index (χ2v) is 5.90. The molecule has 1 aromatic carbocycles. The number of rotatable bonds is 1. The first-order valence-corrected chi connectivity index (χ1v) is 6.57. The molecular formula is C7H3BrClNO3S. The second kappa shape index (κ2) is 3.22. The van der Waals surface area contributed by atoms with Crippen LogP contribution < -0.4 is 0 Å². The van der Waals surface area contributed by atoms with Crippen molar-refractivity contribution in [2.24, 2.45) is 0 Å². The van der Waals surface area contributed by atoms with Crippen LogP contribution in [0.3, 0.4) is 0 Å². The number of hydrogen-bond donors (Lipinski definition) is 0. The summed E-state index contributed by atoms with van der Waals surface area (Å²) in [5, 5.41) is 0. The molecule has 0 N–H and O–H groups in total. The number of nitrogens with zero attached hydrogens (tertiary/aromatic N) is 1. The van der Waals surface area contributed by atoms with Crippen LogP contribution in [0, 0.1) is 0 Å². The molecule has 14 heavy (non-hydrogen) atoms. The van der Waals surface area contributed by atoms with Gasteiger partial charge in [0.25, 0.3) is 9.05 Å². The highest BCUT2D eigenvalue weighted by Crippen LogP contribution is 2.30. The van der Waals surface area contributed by atoms with Gasteiger partial charge in [0.05, 0.1) is 4.47 Å². The van der Waals surface area contributed by atoms with Gasteiger partial charge in [-0.3, -0.25) is 0 Å². The highest BCUT2D eigenvalue weighted by molar-refractivity contribution is 9.10. The first-order chi connectivity index (χ1) is 6.50. The van der Waals surface area contributed by atoms with E-state index in [1.807, 2.05) is 0 Å². The first-order valence-electron chi connectivity index (χ1n) is 3.46. The van der Waals surface area contributed by atoms with Gasteiger partial charge in [0.2, 0.25) is 0 Å². The number of aromatic nitrogens is 1. The zero-order valence-corrected chi connectivity index (χ0v) is 9.73. The highest BCUT2D eigenvalue weighted by Gasteiger charge is 2.18. The summed E-state index contributed by atoms with van der Waals surface area (Å²) < 4.78 is 27.9. The van der Waals surface area contributed by atoms with E-state index in [0.29, 0.717) is 10.1 Å². The molecule has 1 aromatic heterocycles. The van der Waals surface area contributed by atoms with Crippen LogP contribution in [-0.2, 0) is 9.05 Å². The van der Waals surface area contributed by atoms with E-state index in [9.17, 15) is 8.42 Å². The number of oxazole rings is 1. The minimum absolute atomic E-state index is 0.0499. The Labute approximate surface area is 92.4 Å². The van der Waals surface area contributed by atoms with E-state index in [0.717, 1.165) is 0 Å². The normalized spacial score (nSPS) is 12.1. The first kappa shape index (κ1) is 9.95. The van der Waals surface area contributed by atoms with Crippen molar-refractivity contribution in [2.45, 2.75) is 4.90 Å². The molecule has 4 nitrogen and oxygen atoms in total. The summed E-state index contributed by atoms with van der Waals surface area (Å²) in [6.45, 7) is 0. The summed E-state index contributed by atoms with van der Waals surface area (Å²) in [6, 6.07) is 2.92. The van der Waals surface area contributed by atoms with Crippen molar-refractivity contribution in [3.05, 3.63) is 23.0 Å². The molecule has 0 aliphatic heterocycles. The van der Waals surface area contributed by atoms with E-state index in [-0.39, 0.29) is 10.4 Å². The maximum absolute atomic E-state index is 11.1. The van der Waals surface area contributed by atoms with Crippen LogP contribution in [0.5, 0.6) is 0 Å². The Morgan fingerprint density at radius 3 is 2.79 bits per heavy atom. The fraction of sp³-hybridized carbons (Fsp3) is 0. The highest BCUT2D eigenvalue weighted by atomic mass is 79.9. The molecule has 0 radical (unpaired) electrons. The van der Waals surface area contributed by atoms with Crippen LogP contribution in [0.15, 0.2) is 32.3 Å². The van der Waals surface area contributed by atoms with Crippen molar-refractivity contribution in [2.75, 3.05) is 0 Å². The number of hydrogen-bond acceptors (Lipinski definition) is 4. The minimum atomic E-state index is -3.79. The fourth-order valence-electron chi connectivity index (χ4n) is 1.09. The van der Waals surface area contributed by atoms with Gasteiger partial charge in [-0.1, -0.05) is 0 Å². The van der Waals surface area contributed by atoms with Crippen LogP contribution in [0.1, 0.15) is 0 Å². The maximum Gasteiger partial charge on any atom is 0.263 e. The second-order valence-electron chi connectivity index (χ2n) is 2.51. The quantitative estimate of drug-likeness (QED) is 0.759. The zero-order chi connectivity index (χ0) is 10.3. The topological polar surface area (TPSA) is 60.2 Å². The van der Waals surface area contributed by atoms with Gasteiger partial charge in [-0.05, 0) is 28.1 Å². The number of halogens is 2. The van der Waals surface area contributed by atoms with Gasteiger partial charge >= 0.3 is 0 Å². The van der Waals surface area contributed by atoms with Crippen LogP contribution in [0.2, 0.25) is 0 Å². The van der Waals surface area contributed by atoms with E-state index in [2.05, 4.69) is 20.9 Å². The molecule has 0 saturated heterocycles. The van der Waals surface area contributed by atoms with Crippen molar-refractivity contribution in [3.8, 4) is 0 Å². The maximum atomic E-state index is 11.1. The van der Waals surface area contributed by atoms with Gasteiger partial charge in [-0.2, -0.15) is 0 Å². The van der Waals surface area contributed by atoms with Gasteiger partial charge in [-0.25, -0.2) is 13.4 Å². The Morgan fingerprint density at radius 2 is 2.14 bits per heavy atom. The van der Waals surface area contributed by atoms with Crippen molar-refractivity contribution >= 4 is 46.8 Å². The lowest BCUT2D eigenvalue weighted by molar-refractivity contribution is 0.599. The molecule has 7 heteroatoms. The lowest BCUT2D eigenvalue weighted by atomic mass is 10.3. The molecule has 2 rings (SSSR count). The van der Waals surface area contributed by atoms with E-state index in [4.69, 9.17) is 15.1 Å². The Balaban J connectivity index is 2.93. The molecule has 0 unspecified atom stereocenters. The molecule has 0 spiro atoms.